The number of rotatable bonds is 9. The molecule has 0 unspecified atom stereocenters. The number of aromatic amines is 1. The largest absolute Gasteiger partial charge is 0.379 e. The Bertz CT molecular complexity index is 666. The summed E-state index contributed by atoms with van der Waals surface area (Å²) in [7, 11) is 0. The highest BCUT2D eigenvalue weighted by atomic mass is 127. The Morgan fingerprint density at radius 2 is 2.12 bits per heavy atom. The van der Waals surface area contributed by atoms with Gasteiger partial charge in [-0.3, -0.25) is 4.99 Å². The SMILES string of the molecule is CCNC(=NCCOCC1CC1)NCCc1c[nH]c2ccccc12.I. The van der Waals surface area contributed by atoms with Crippen molar-refractivity contribution in [1.29, 1.82) is 0 Å². The van der Waals surface area contributed by atoms with Crippen molar-refractivity contribution in [1.82, 2.24) is 15.6 Å². The van der Waals surface area contributed by atoms with Crippen molar-refractivity contribution in [3.05, 3.63) is 36.0 Å². The zero-order chi connectivity index (χ0) is 16.6. The van der Waals surface area contributed by atoms with Gasteiger partial charge < -0.3 is 20.4 Å². The van der Waals surface area contributed by atoms with Gasteiger partial charge in [0.1, 0.15) is 0 Å². The van der Waals surface area contributed by atoms with Crippen LogP contribution in [-0.2, 0) is 11.2 Å². The van der Waals surface area contributed by atoms with Crippen LogP contribution in [0.4, 0.5) is 0 Å². The van der Waals surface area contributed by atoms with E-state index in [1.807, 2.05) is 0 Å². The third kappa shape index (κ3) is 6.51. The summed E-state index contributed by atoms with van der Waals surface area (Å²) in [6, 6.07) is 8.42. The summed E-state index contributed by atoms with van der Waals surface area (Å²) in [4.78, 5) is 7.90. The first-order valence-corrected chi connectivity index (χ1v) is 9.01. The number of benzene rings is 1. The second kappa shape index (κ2) is 10.7. The molecule has 138 valence electrons. The number of halogens is 1. The number of nitrogens with one attached hydrogen (secondary N) is 3. The Balaban J connectivity index is 0.00000225. The predicted molar refractivity (Wildman–Crippen MR) is 115 cm³/mol. The minimum atomic E-state index is 0. The number of fused-ring (bicyclic) bond motifs is 1. The molecule has 1 aromatic carbocycles. The van der Waals surface area contributed by atoms with E-state index in [2.05, 4.69) is 58.0 Å². The number of nitrogens with zero attached hydrogens (tertiary/aromatic N) is 1. The van der Waals surface area contributed by atoms with Crippen LogP contribution in [0.25, 0.3) is 10.9 Å². The van der Waals surface area contributed by atoms with E-state index in [0.717, 1.165) is 38.0 Å². The Morgan fingerprint density at radius 1 is 1.28 bits per heavy atom. The number of H-pyrrole nitrogens is 1. The predicted octanol–water partition coefficient (Wildman–Crippen LogP) is 3.31. The van der Waals surface area contributed by atoms with Crippen molar-refractivity contribution in [2.24, 2.45) is 10.9 Å². The lowest BCUT2D eigenvalue weighted by molar-refractivity contribution is 0.131. The molecule has 1 aromatic heterocycles. The van der Waals surface area contributed by atoms with Crippen LogP contribution < -0.4 is 10.6 Å². The van der Waals surface area contributed by atoms with Crippen LogP contribution in [0.3, 0.4) is 0 Å². The molecule has 0 bridgehead atoms. The molecule has 3 rings (SSSR count). The monoisotopic (exact) mass is 456 g/mol. The third-order valence-corrected chi connectivity index (χ3v) is 4.26. The average molecular weight is 456 g/mol. The van der Waals surface area contributed by atoms with Gasteiger partial charge in [0.15, 0.2) is 5.96 Å². The Morgan fingerprint density at radius 3 is 2.92 bits per heavy atom. The molecule has 1 fully saturated rings. The van der Waals surface area contributed by atoms with Gasteiger partial charge in [-0.25, -0.2) is 0 Å². The standard InChI is InChI=1S/C19H28N4O.HI/c1-2-20-19(22-11-12-24-14-15-7-8-15)21-10-9-16-13-23-18-6-4-3-5-17(16)18;/h3-6,13,15,23H,2,7-12,14H2,1H3,(H2,20,21,22);1H. The summed E-state index contributed by atoms with van der Waals surface area (Å²) in [5.41, 5.74) is 2.53. The first-order chi connectivity index (χ1) is 11.9. The van der Waals surface area contributed by atoms with Crippen LogP contribution >= 0.6 is 24.0 Å². The molecular weight excluding hydrogens is 427 g/mol. The fourth-order valence-corrected chi connectivity index (χ4v) is 2.75. The summed E-state index contributed by atoms with van der Waals surface area (Å²) in [6.07, 6.45) is 5.73. The number of ether oxygens (including phenoxy) is 1. The van der Waals surface area contributed by atoms with Gasteiger partial charge in [0, 0.05) is 36.8 Å². The van der Waals surface area contributed by atoms with Crippen molar-refractivity contribution >= 4 is 40.8 Å². The van der Waals surface area contributed by atoms with Gasteiger partial charge in [-0.2, -0.15) is 0 Å². The first-order valence-electron chi connectivity index (χ1n) is 9.01. The van der Waals surface area contributed by atoms with E-state index in [1.54, 1.807) is 0 Å². The molecule has 0 radical (unpaired) electrons. The van der Waals surface area contributed by atoms with Crippen LogP contribution in [-0.4, -0.2) is 43.8 Å². The number of para-hydroxylation sites is 1. The van der Waals surface area contributed by atoms with E-state index in [9.17, 15) is 0 Å². The average Bonchev–Trinajstić information content (AvgIpc) is 3.34. The second-order valence-corrected chi connectivity index (χ2v) is 6.32. The lowest BCUT2D eigenvalue weighted by atomic mass is 10.1. The first kappa shape index (κ1) is 20.0. The van der Waals surface area contributed by atoms with Gasteiger partial charge in [0.05, 0.1) is 13.2 Å². The topological polar surface area (TPSA) is 61.4 Å². The van der Waals surface area contributed by atoms with Gasteiger partial charge in [-0.05, 0) is 43.7 Å². The van der Waals surface area contributed by atoms with Crippen molar-refractivity contribution in [3.8, 4) is 0 Å². The fourth-order valence-electron chi connectivity index (χ4n) is 2.75. The third-order valence-electron chi connectivity index (χ3n) is 4.26. The highest BCUT2D eigenvalue weighted by molar-refractivity contribution is 14.0. The number of aromatic nitrogens is 1. The van der Waals surface area contributed by atoms with E-state index in [4.69, 9.17) is 4.74 Å². The molecule has 1 aliphatic rings. The van der Waals surface area contributed by atoms with Gasteiger partial charge in [0.25, 0.3) is 0 Å². The smallest absolute Gasteiger partial charge is 0.191 e. The van der Waals surface area contributed by atoms with E-state index >= 15 is 0 Å². The Labute approximate surface area is 167 Å². The van der Waals surface area contributed by atoms with Crippen molar-refractivity contribution in [3.63, 3.8) is 0 Å². The zero-order valence-electron chi connectivity index (χ0n) is 14.9. The van der Waals surface area contributed by atoms with Crippen LogP contribution in [0.2, 0.25) is 0 Å². The summed E-state index contributed by atoms with van der Waals surface area (Å²) in [6.45, 7) is 6.11. The lowest BCUT2D eigenvalue weighted by Gasteiger charge is -2.11. The maximum atomic E-state index is 5.63. The molecule has 5 nitrogen and oxygen atoms in total. The molecule has 2 aromatic rings. The second-order valence-electron chi connectivity index (χ2n) is 6.32. The molecule has 25 heavy (non-hydrogen) atoms. The molecule has 0 atom stereocenters. The molecule has 1 aliphatic carbocycles. The number of hydrogen-bond acceptors (Lipinski definition) is 2. The van der Waals surface area contributed by atoms with Gasteiger partial charge in [-0.1, -0.05) is 18.2 Å². The van der Waals surface area contributed by atoms with Crippen molar-refractivity contribution < 1.29 is 4.74 Å². The van der Waals surface area contributed by atoms with Crippen LogP contribution in [0.1, 0.15) is 25.3 Å². The maximum Gasteiger partial charge on any atom is 0.191 e. The number of aliphatic imine (C=N–C) groups is 1. The van der Waals surface area contributed by atoms with E-state index in [-0.39, 0.29) is 24.0 Å². The minimum Gasteiger partial charge on any atom is -0.379 e. The Hall–Kier alpha value is -1.28. The van der Waals surface area contributed by atoms with Gasteiger partial charge >= 0.3 is 0 Å². The van der Waals surface area contributed by atoms with E-state index in [1.165, 1.54) is 29.3 Å². The molecular formula is C19H29IN4O. The highest BCUT2D eigenvalue weighted by Crippen LogP contribution is 2.28. The van der Waals surface area contributed by atoms with E-state index in [0.29, 0.717) is 13.2 Å². The summed E-state index contributed by atoms with van der Waals surface area (Å²) < 4.78 is 5.63. The molecule has 3 N–H and O–H groups in total. The summed E-state index contributed by atoms with van der Waals surface area (Å²) >= 11 is 0. The molecule has 0 amide bonds. The van der Waals surface area contributed by atoms with Gasteiger partial charge in [0.2, 0.25) is 0 Å². The molecule has 0 spiro atoms. The summed E-state index contributed by atoms with van der Waals surface area (Å²) in [5, 5.41) is 7.99. The van der Waals surface area contributed by atoms with E-state index < -0.39 is 0 Å². The number of hydrogen-bond donors (Lipinski definition) is 3. The fraction of sp³-hybridized carbons (Fsp3) is 0.526. The van der Waals surface area contributed by atoms with Crippen LogP contribution in [0, 0.1) is 5.92 Å². The quantitative estimate of drug-likeness (QED) is 0.235. The minimum absolute atomic E-state index is 0. The lowest BCUT2D eigenvalue weighted by Crippen LogP contribution is -2.38. The van der Waals surface area contributed by atoms with Crippen molar-refractivity contribution in [2.45, 2.75) is 26.2 Å². The van der Waals surface area contributed by atoms with Crippen LogP contribution in [0.5, 0.6) is 0 Å². The maximum absolute atomic E-state index is 5.63. The molecule has 0 saturated heterocycles. The molecule has 1 heterocycles. The van der Waals surface area contributed by atoms with Crippen molar-refractivity contribution in [2.75, 3.05) is 32.8 Å². The molecule has 6 heteroatoms. The number of guanidine groups is 1. The molecule has 1 saturated carbocycles. The summed E-state index contributed by atoms with van der Waals surface area (Å²) in [5.74, 6) is 1.68. The normalized spacial score (nSPS) is 14.4. The highest BCUT2D eigenvalue weighted by Gasteiger charge is 2.20. The Kier molecular flexibility index (Phi) is 8.54. The molecule has 0 aliphatic heterocycles. The van der Waals surface area contributed by atoms with Crippen LogP contribution in [0.15, 0.2) is 35.5 Å². The van der Waals surface area contributed by atoms with Gasteiger partial charge in [-0.15, -0.1) is 24.0 Å². The zero-order valence-corrected chi connectivity index (χ0v) is 17.2.